The Morgan fingerprint density at radius 1 is 1.25 bits per heavy atom. The fourth-order valence-electron chi connectivity index (χ4n) is 2.24. The number of fused-ring (bicyclic) bond motifs is 1. The molecular weight excluding hydrogens is 312 g/mol. The molecule has 7 heteroatoms. The number of carbonyl (C=O) groups is 3. The minimum Gasteiger partial charge on any atom is -0.450 e. The summed E-state index contributed by atoms with van der Waals surface area (Å²) in [6, 6.07) is 6.53. The summed E-state index contributed by atoms with van der Waals surface area (Å²) in [5, 5.41) is 5.86. The molecule has 0 saturated heterocycles. The fraction of sp³-hybridized carbons (Fsp3) is 0.353. The van der Waals surface area contributed by atoms with Crippen molar-refractivity contribution in [2.45, 2.75) is 26.8 Å². The van der Waals surface area contributed by atoms with Gasteiger partial charge in [0.1, 0.15) is 11.6 Å². The van der Waals surface area contributed by atoms with Crippen molar-refractivity contribution in [3.8, 4) is 0 Å². The number of likely N-dealkylation sites (N-methyl/N-ethyl adjacent to an activating group) is 1. The van der Waals surface area contributed by atoms with Crippen LogP contribution in [-0.2, 0) is 14.3 Å². The summed E-state index contributed by atoms with van der Waals surface area (Å²) in [6.07, 6.45) is 0. The number of rotatable bonds is 6. The summed E-state index contributed by atoms with van der Waals surface area (Å²) in [7, 11) is 0. The number of para-hydroxylation sites is 1. The van der Waals surface area contributed by atoms with Crippen LogP contribution in [0.15, 0.2) is 28.7 Å². The van der Waals surface area contributed by atoms with Crippen molar-refractivity contribution in [3.05, 3.63) is 35.6 Å². The van der Waals surface area contributed by atoms with Crippen molar-refractivity contribution < 1.29 is 23.5 Å². The third-order valence-corrected chi connectivity index (χ3v) is 3.49. The molecule has 0 spiro atoms. The van der Waals surface area contributed by atoms with Crippen LogP contribution in [0.2, 0.25) is 0 Å². The van der Waals surface area contributed by atoms with Crippen LogP contribution in [0.4, 0.5) is 0 Å². The first-order chi connectivity index (χ1) is 11.4. The van der Waals surface area contributed by atoms with Crippen molar-refractivity contribution >= 4 is 28.8 Å². The number of hydrogen-bond donors (Lipinski definition) is 2. The van der Waals surface area contributed by atoms with Crippen LogP contribution in [0.1, 0.15) is 30.0 Å². The molecule has 0 bridgehead atoms. The quantitative estimate of drug-likeness (QED) is 0.782. The number of hydrogen-bond acceptors (Lipinski definition) is 5. The number of aryl methyl sites for hydroxylation is 1. The Kier molecular flexibility index (Phi) is 5.57. The molecule has 24 heavy (non-hydrogen) atoms. The van der Waals surface area contributed by atoms with Crippen molar-refractivity contribution in [1.29, 1.82) is 0 Å². The normalized spacial score (nSPS) is 11.8. The number of nitrogens with one attached hydrogen (secondary N) is 2. The van der Waals surface area contributed by atoms with Gasteiger partial charge in [0, 0.05) is 17.5 Å². The zero-order valence-electron chi connectivity index (χ0n) is 13.8. The van der Waals surface area contributed by atoms with Crippen LogP contribution >= 0.6 is 0 Å². The average molecular weight is 332 g/mol. The summed E-state index contributed by atoms with van der Waals surface area (Å²) >= 11 is 0. The number of furan rings is 1. The molecule has 2 N–H and O–H groups in total. The maximum absolute atomic E-state index is 12.1. The molecule has 2 amide bonds. The lowest BCUT2D eigenvalue weighted by molar-refractivity contribution is -0.130. The highest BCUT2D eigenvalue weighted by Crippen LogP contribution is 2.25. The standard InChI is InChI=1S/C17H20N2O5/c1-4-18-16(21)11(3)19-14(20)9-23-17(22)15-10(2)12-7-5-6-8-13(12)24-15/h5-8,11H,4,9H2,1-3H3,(H,18,21)(H,19,20)/t11-/m0/s1. The van der Waals surface area contributed by atoms with E-state index in [0.717, 1.165) is 5.39 Å². The first kappa shape index (κ1) is 17.5. The van der Waals surface area contributed by atoms with E-state index in [1.54, 1.807) is 32.9 Å². The third kappa shape index (κ3) is 3.92. The topological polar surface area (TPSA) is 97.6 Å². The minimum atomic E-state index is -0.718. The maximum Gasteiger partial charge on any atom is 0.375 e. The van der Waals surface area contributed by atoms with E-state index in [4.69, 9.17) is 9.15 Å². The highest BCUT2D eigenvalue weighted by molar-refractivity contribution is 5.97. The molecular formula is C17H20N2O5. The Bertz CT molecular complexity index is 765. The van der Waals surface area contributed by atoms with Crippen molar-refractivity contribution in [2.24, 2.45) is 0 Å². The Labute approximate surface area is 139 Å². The van der Waals surface area contributed by atoms with Crippen LogP contribution in [-0.4, -0.2) is 37.0 Å². The largest absolute Gasteiger partial charge is 0.450 e. The molecule has 1 atom stereocenters. The Morgan fingerprint density at radius 3 is 2.62 bits per heavy atom. The SMILES string of the molecule is CCNC(=O)[C@H](C)NC(=O)COC(=O)c1oc2ccccc2c1C. The van der Waals surface area contributed by atoms with Gasteiger partial charge in [-0.1, -0.05) is 18.2 Å². The second-order valence-corrected chi connectivity index (χ2v) is 5.31. The second-order valence-electron chi connectivity index (χ2n) is 5.31. The van der Waals surface area contributed by atoms with Gasteiger partial charge in [-0.3, -0.25) is 9.59 Å². The van der Waals surface area contributed by atoms with E-state index >= 15 is 0 Å². The van der Waals surface area contributed by atoms with Gasteiger partial charge in [0.15, 0.2) is 6.61 Å². The Balaban J connectivity index is 1.93. The molecule has 0 saturated carbocycles. The van der Waals surface area contributed by atoms with Crippen LogP contribution in [0, 0.1) is 6.92 Å². The predicted octanol–water partition coefficient (Wildman–Crippen LogP) is 1.54. The van der Waals surface area contributed by atoms with E-state index in [0.29, 0.717) is 17.7 Å². The first-order valence-corrected chi connectivity index (χ1v) is 7.66. The van der Waals surface area contributed by atoms with E-state index in [1.807, 2.05) is 12.1 Å². The van der Waals surface area contributed by atoms with Crippen molar-refractivity contribution in [1.82, 2.24) is 10.6 Å². The van der Waals surface area contributed by atoms with Crippen LogP contribution in [0.25, 0.3) is 11.0 Å². The number of esters is 1. The first-order valence-electron chi connectivity index (χ1n) is 7.66. The van der Waals surface area contributed by atoms with Gasteiger partial charge in [0.2, 0.25) is 11.7 Å². The smallest absolute Gasteiger partial charge is 0.375 e. The fourth-order valence-corrected chi connectivity index (χ4v) is 2.24. The summed E-state index contributed by atoms with van der Waals surface area (Å²) in [4.78, 5) is 35.4. The van der Waals surface area contributed by atoms with Gasteiger partial charge in [-0.15, -0.1) is 0 Å². The monoisotopic (exact) mass is 332 g/mol. The summed E-state index contributed by atoms with van der Waals surface area (Å²) in [5.74, 6) is -1.51. The molecule has 128 valence electrons. The molecule has 2 rings (SSSR count). The highest BCUT2D eigenvalue weighted by atomic mass is 16.5. The van der Waals surface area contributed by atoms with E-state index in [-0.39, 0.29) is 11.7 Å². The average Bonchev–Trinajstić information content (AvgIpc) is 2.90. The van der Waals surface area contributed by atoms with E-state index in [2.05, 4.69) is 10.6 Å². The number of amides is 2. The van der Waals surface area contributed by atoms with E-state index in [9.17, 15) is 14.4 Å². The summed E-state index contributed by atoms with van der Waals surface area (Å²) in [6.45, 7) is 5.07. The van der Waals surface area contributed by atoms with E-state index < -0.39 is 24.5 Å². The molecule has 0 radical (unpaired) electrons. The van der Waals surface area contributed by atoms with Gasteiger partial charge in [-0.05, 0) is 26.8 Å². The maximum atomic E-state index is 12.1. The van der Waals surface area contributed by atoms with Gasteiger partial charge in [0.25, 0.3) is 5.91 Å². The van der Waals surface area contributed by atoms with Gasteiger partial charge in [-0.2, -0.15) is 0 Å². The van der Waals surface area contributed by atoms with Gasteiger partial charge < -0.3 is 19.8 Å². The Hall–Kier alpha value is -2.83. The van der Waals surface area contributed by atoms with Gasteiger partial charge >= 0.3 is 5.97 Å². The third-order valence-electron chi connectivity index (χ3n) is 3.49. The van der Waals surface area contributed by atoms with Crippen LogP contribution < -0.4 is 10.6 Å². The zero-order chi connectivity index (χ0) is 17.7. The van der Waals surface area contributed by atoms with Gasteiger partial charge in [0.05, 0.1) is 0 Å². The van der Waals surface area contributed by atoms with Crippen molar-refractivity contribution in [2.75, 3.05) is 13.2 Å². The van der Waals surface area contributed by atoms with E-state index in [1.165, 1.54) is 0 Å². The molecule has 0 unspecified atom stereocenters. The minimum absolute atomic E-state index is 0.0702. The molecule has 1 heterocycles. The van der Waals surface area contributed by atoms with Crippen LogP contribution in [0.5, 0.6) is 0 Å². The lowest BCUT2D eigenvalue weighted by Crippen LogP contribution is -2.46. The lowest BCUT2D eigenvalue weighted by atomic mass is 10.1. The summed E-state index contributed by atoms with van der Waals surface area (Å²) in [5.41, 5.74) is 1.24. The lowest BCUT2D eigenvalue weighted by Gasteiger charge is -2.13. The molecule has 0 aliphatic heterocycles. The number of benzene rings is 1. The second kappa shape index (κ2) is 7.63. The molecule has 1 aromatic carbocycles. The van der Waals surface area contributed by atoms with Crippen molar-refractivity contribution in [3.63, 3.8) is 0 Å². The van der Waals surface area contributed by atoms with Crippen LogP contribution in [0.3, 0.4) is 0 Å². The zero-order valence-corrected chi connectivity index (χ0v) is 13.8. The Morgan fingerprint density at radius 2 is 1.96 bits per heavy atom. The molecule has 0 aliphatic carbocycles. The molecule has 7 nitrogen and oxygen atoms in total. The number of carbonyl (C=O) groups excluding carboxylic acids is 3. The molecule has 1 aromatic heterocycles. The summed E-state index contributed by atoms with van der Waals surface area (Å²) < 4.78 is 10.4. The highest BCUT2D eigenvalue weighted by Gasteiger charge is 2.21. The molecule has 2 aromatic rings. The predicted molar refractivity (Wildman–Crippen MR) is 87.5 cm³/mol. The molecule has 0 aliphatic rings. The molecule has 0 fully saturated rings. The van der Waals surface area contributed by atoms with Gasteiger partial charge in [-0.25, -0.2) is 4.79 Å². The number of ether oxygens (including phenoxy) is 1.